The number of halogens is 1. The third kappa shape index (κ3) is 2.54. The molecule has 1 aromatic carbocycles. The lowest BCUT2D eigenvalue weighted by Gasteiger charge is -2.18. The summed E-state index contributed by atoms with van der Waals surface area (Å²) in [6.45, 7) is 1.58. The molecule has 4 nitrogen and oxygen atoms in total. The summed E-state index contributed by atoms with van der Waals surface area (Å²) in [7, 11) is 1.58. The zero-order valence-electron chi connectivity index (χ0n) is 10.7. The Balaban J connectivity index is 2.40. The van der Waals surface area contributed by atoms with Gasteiger partial charge in [0.15, 0.2) is 0 Å². The Labute approximate surface area is 110 Å². The predicted octanol–water partition coefficient (Wildman–Crippen LogP) is 2.39. The molecule has 2 N–H and O–H groups in total. The van der Waals surface area contributed by atoms with E-state index in [2.05, 4.69) is 4.98 Å². The van der Waals surface area contributed by atoms with Gasteiger partial charge in [0, 0.05) is 30.8 Å². The summed E-state index contributed by atoms with van der Waals surface area (Å²) in [6.07, 6.45) is 3.14. The third-order valence-electron chi connectivity index (χ3n) is 2.86. The molecule has 0 bridgehead atoms. The molecular formula is C14H14FN3O. The van der Waals surface area contributed by atoms with Gasteiger partial charge >= 0.3 is 0 Å². The van der Waals surface area contributed by atoms with E-state index in [1.54, 1.807) is 38.5 Å². The van der Waals surface area contributed by atoms with E-state index in [4.69, 9.17) is 5.73 Å². The first-order valence-electron chi connectivity index (χ1n) is 5.74. The van der Waals surface area contributed by atoms with E-state index in [-0.39, 0.29) is 5.56 Å². The molecule has 1 aromatic heterocycles. The number of nitrogen functional groups attached to an aromatic ring is 1. The zero-order chi connectivity index (χ0) is 14.0. The van der Waals surface area contributed by atoms with Gasteiger partial charge in [-0.15, -0.1) is 0 Å². The van der Waals surface area contributed by atoms with Crippen LogP contribution < -0.4 is 10.6 Å². The Hall–Kier alpha value is -2.43. The van der Waals surface area contributed by atoms with Crippen LogP contribution >= 0.6 is 0 Å². The maximum atomic E-state index is 14.0. The first kappa shape index (κ1) is 13.0. The number of nitrogens with zero attached hydrogens (tertiary/aromatic N) is 2. The minimum atomic E-state index is -0.542. The lowest BCUT2D eigenvalue weighted by Crippen LogP contribution is -2.27. The van der Waals surface area contributed by atoms with Crippen LogP contribution in [-0.4, -0.2) is 17.9 Å². The summed E-state index contributed by atoms with van der Waals surface area (Å²) < 4.78 is 14.0. The number of aryl methyl sites for hydroxylation is 1. The van der Waals surface area contributed by atoms with E-state index in [0.717, 1.165) is 0 Å². The molecule has 0 aliphatic rings. The molecule has 0 spiro atoms. The zero-order valence-corrected chi connectivity index (χ0v) is 10.7. The van der Waals surface area contributed by atoms with Crippen LogP contribution in [0.15, 0.2) is 36.7 Å². The Morgan fingerprint density at radius 2 is 1.95 bits per heavy atom. The number of aromatic nitrogens is 1. The van der Waals surface area contributed by atoms with Crippen molar-refractivity contribution in [1.29, 1.82) is 0 Å². The van der Waals surface area contributed by atoms with Gasteiger partial charge in [-0.05, 0) is 36.8 Å². The lowest BCUT2D eigenvalue weighted by molar-refractivity contribution is 0.0989. The van der Waals surface area contributed by atoms with Gasteiger partial charge in [0.1, 0.15) is 5.82 Å². The SMILES string of the molecule is Cc1cc(N)cc(C(=O)N(C)c2ccncc2)c1F. The fourth-order valence-corrected chi connectivity index (χ4v) is 1.82. The molecule has 5 heteroatoms. The van der Waals surface area contributed by atoms with Gasteiger partial charge in [-0.2, -0.15) is 0 Å². The van der Waals surface area contributed by atoms with Gasteiger partial charge in [-0.3, -0.25) is 9.78 Å². The largest absolute Gasteiger partial charge is 0.399 e. The van der Waals surface area contributed by atoms with Gasteiger partial charge < -0.3 is 10.6 Å². The van der Waals surface area contributed by atoms with Crippen molar-refractivity contribution in [2.45, 2.75) is 6.92 Å². The number of carbonyl (C=O) groups excluding carboxylic acids is 1. The molecule has 0 aliphatic carbocycles. The quantitative estimate of drug-likeness (QED) is 0.842. The molecule has 0 fully saturated rings. The van der Waals surface area contributed by atoms with Gasteiger partial charge in [-0.25, -0.2) is 4.39 Å². The molecule has 0 aliphatic heterocycles. The van der Waals surface area contributed by atoms with Crippen molar-refractivity contribution in [1.82, 2.24) is 4.98 Å². The summed E-state index contributed by atoms with van der Waals surface area (Å²) in [6, 6.07) is 6.20. The maximum absolute atomic E-state index is 14.0. The molecule has 2 aromatic rings. The van der Waals surface area contributed by atoms with Crippen LogP contribution in [-0.2, 0) is 0 Å². The molecule has 0 atom stereocenters. The number of amides is 1. The average Bonchev–Trinajstić information content (AvgIpc) is 2.42. The number of benzene rings is 1. The first-order valence-corrected chi connectivity index (χ1v) is 5.74. The molecule has 0 radical (unpaired) electrons. The molecular weight excluding hydrogens is 245 g/mol. The summed E-state index contributed by atoms with van der Waals surface area (Å²) >= 11 is 0. The molecule has 0 saturated heterocycles. The minimum absolute atomic E-state index is 0.0307. The molecule has 2 rings (SSSR count). The number of nitrogens with two attached hydrogens (primary N) is 1. The molecule has 98 valence electrons. The van der Waals surface area contributed by atoms with Crippen LogP contribution in [0.5, 0.6) is 0 Å². The Morgan fingerprint density at radius 1 is 1.32 bits per heavy atom. The molecule has 19 heavy (non-hydrogen) atoms. The van der Waals surface area contributed by atoms with Crippen molar-refractivity contribution in [3.8, 4) is 0 Å². The van der Waals surface area contributed by atoms with Crippen LogP contribution in [0.1, 0.15) is 15.9 Å². The second-order valence-corrected chi connectivity index (χ2v) is 4.27. The van der Waals surface area contributed by atoms with E-state index in [9.17, 15) is 9.18 Å². The molecule has 1 amide bonds. The molecule has 0 saturated carbocycles. The predicted molar refractivity (Wildman–Crippen MR) is 72.5 cm³/mol. The van der Waals surface area contributed by atoms with E-state index in [1.807, 2.05) is 0 Å². The van der Waals surface area contributed by atoms with Gasteiger partial charge in [0.25, 0.3) is 5.91 Å². The highest BCUT2D eigenvalue weighted by molar-refractivity contribution is 6.06. The van der Waals surface area contributed by atoms with Crippen molar-refractivity contribution in [3.05, 3.63) is 53.6 Å². The Bertz CT molecular complexity index is 614. The maximum Gasteiger partial charge on any atom is 0.261 e. The van der Waals surface area contributed by atoms with E-state index < -0.39 is 11.7 Å². The van der Waals surface area contributed by atoms with Crippen LogP contribution in [0, 0.1) is 12.7 Å². The number of hydrogen-bond acceptors (Lipinski definition) is 3. The number of anilines is 2. The standard InChI is InChI=1S/C14H14FN3O/c1-9-7-10(16)8-12(13(9)15)14(19)18(2)11-3-5-17-6-4-11/h3-8H,16H2,1-2H3. The van der Waals surface area contributed by atoms with E-state index in [1.165, 1.54) is 17.0 Å². The van der Waals surface area contributed by atoms with Gasteiger partial charge in [0.2, 0.25) is 0 Å². The second kappa shape index (κ2) is 5.06. The van der Waals surface area contributed by atoms with Crippen LogP contribution in [0.4, 0.5) is 15.8 Å². The highest BCUT2D eigenvalue weighted by Gasteiger charge is 2.19. The highest BCUT2D eigenvalue weighted by atomic mass is 19.1. The van der Waals surface area contributed by atoms with Crippen LogP contribution in [0.2, 0.25) is 0 Å². The number of pyridine rings is 1. The second-order valence-electron chi connectivity index (χ2n) is 4.27. The number of carbonyl (C=O) groups is 1. The van der Waals surface area contributed by atoms with Gasteiger partial charge in [-0.1, -0.05) is 0 Å². The summed E-state index contributed by atoms with van der Waals surface area (Å²) in [5.74, 6) is -0.987. The fourth-order valence-electron chi connectivity index (χ4n) is 1.82. The van der Waals surface area contributed by atoms with Crippen molar-refractivity contribution >= 4 is 17.3 Å². The van der Waals surface area contributed by atoms with Crippen molar-refractivity contribution < 1.29 is 9.18 Å². The minimum Gasteiger partial charge on any atom is -0.399 e. The molecule has 0 unspecified atom stereocenters. The summed E-state index contributed by atoms with van der Waals surface area (Å²) in [5.41, 5.74) is 6.98. The van der Waals surface area contributed by atoms with Crippen LogP contribution in [0.25, 0.3) is 0 Å². The van der Waals surface area contributed by atoms with Crippen molar-refractivity contribution in [2.75, 3.05) is 17.7 Å². The Morgan fingerprint density at radius 3 is 2.58 bits per heavy atom. The monoisotopic (exact) mass is 259 g/mol. The summed E-state index contributed by atoms with van der Waals surface area (Å²) in [5, 5.41) is 0. The third-order valence-corrected chi connectivity index (χ3v) is 2.86. The topological polar surface area (TPSA) is 59.2 Å². The fraction of sp³-hybridized carbons (Fsp3) is 0.143. The summed E-state index contributed by atoms with van der Waals surface area (Å²) in [4.78, 5) is 17.5. The Kier molecular flexibility index (Phi) is 3.46. The molecule has 1 heterocycles. The van der Waals surface area contributed by atoms with Gasteiger partial charge in [0.05, 0.1) is 5.56 Å². The van der Waals surface area contributed by atoms with Crippen LogP contribution in [0.3, 0.4) is 0 Å². The average molecular weight is 259 g/mol. The smallest absolute Gasteiger partial charge is 0.261 e. The number of rotatable bonds is 2. The highest BCUT2D eigenvalue weighted by Crippen LogP contribution is 2.21. The lowest BCUT2D eigenvalue weighted by atomic mass is 10.1. The van der Waals surface area contributed by atoms with Crippen molar-refractivity contribution in [2.24, 2.45) is 0 Å². The number of hydrogen-bond donors (Lipinski definition) is 1. The van der Waals surface area contributed by atoms with E-state index >= 15 is 0 Å². The normalized spacial score (nSPS) is 10.3. The van der Waals surface area contributed by atoms with Crippen molar-refractivity contribution in [3.63, 3.8) is 0 Å². The first-order chi connectivity index (χ1) is 9.00. The van der Waals surface area contributed by atoms with E-state index in [0.29, 0.717) is 16.9 Å².